The number of amides is 1. The molecule has 14 heavy (non-hydrogen) atoms. The maximum atomic E-state index is 13.4. The van der Waals surface area contributed by atoms with Crippen LogP contribution in [0.4, 0.5) is 10.1 Å². The molecule has 1 aromatic carbocycles. The summed E-state index contributed by atoms with van der Waals surface area (Å²) in [5.41, 5.74) is 2.01. The molecule has 0 aliphatic heterocycles. The van der Waals surface area contributed by atoms with Crippen molar-refractivity contribution >= 4 is 11.6 Å². The number of halogens is 1. The van der Waals surface area contributed by atoms with Crippen LogP contribution < -0.4 is 5.32 Å². The van der Waals surface area contributed by atoms with Gasteiger partial charge in [-0.2, -0.15) is 0 Å². The van der Waals surface area contributed by atoms with E-state index in [4.69, 9.17) is 0 Å². The summed E-state index contributed by atoms with van der Waals surface area (Å²) < 4.78 is 13.4. The average molecular weight is 195 g/mol. The van der Waals surface area contributed by atoms with Gasteiger partial charge in [-0.1, -0.05) is 13.0 Å². The lowest BCUT2D eigenvalue weighted by Crippen LogP contribution is -2.10. The first-order valence-corrected chi connectivity index (χ1v) is 4.61. The Morgan fingerprint density at radius 1 is 1.50 bits per heavy atom. The van der Waals surface area contributed by atoms with E-state index in [2.05, 4.69) is 5.32 Å². The van der Waals surface area contributed by atoms with Crippen molar-refractivity contribution in [3.05, 3.63) is 29.1 Å². The molecule has 1 rings (SSSR count). The number of aryl methyl sites for hydroxylation is 2. The van der Waals surface area contributed by atoms with E-state index in [1.807, 2.05) is 19.9 Å². The van der Waals surface area contributed by atoms with Crippen molar-refractivity contribution in [3.8, 4) is 0 Å². The topological polar surface area (TPSA) is 29.1 Å². The van der Waals surface area contributed by atoms with Gasteiger partial charge in [0.15, 0.2) is 0 Å². The molecule has 0 bridgehead atoms. The second kappa shape index (κ2) is 4.22. The molecule has 0 saturated carbocycles. The Labute approximate surface area is 83.1 Å². The van der Waals surface area contributed by atoms with Gasteiger partial charge in [-0.25, -0.2) is 4.39 Å². The zero-order chi connectivity index (χ0) is 10.7. The SMILES string of the molecule is CCc1cc(C)cc(F)c1NC(C)=O. The highest BCUT2D eigenvalue weighted by Crippen LogP contribution is 2.22. The minimum absolute atomic E-state index is 0.248. The normalized spacial score (nSPS) is 10.0. The molecule has 0 radical (unpaired) electrons. The van der Waals surface area contributed by atoms with Gasteiger partial charge < -0.3 is 5.32 Å². The maximum absolute atomic E-state index is 13.4. The van der Waals surface area contributed by atoms with Gasteiger partial charge in [0.1, 0.15) is 5.82 Å². The van der Waals surface area contributed by atoms with Gasteiger partial charge in [-0.05, 0) is 30.5 Å². The zero-order valence-electron chi connectivity index (χ0n) is 8.65. The van der Waals surface area contributed by atoms with Gasteiger partial charge in [-0.15, -0.1) is 0 Å². The Balaban J connectivity index is 3.18. The predicted octanol–water partition coefficient (Wildman–Crippen LogP) is 2.65. The Bertz CT molecular complexity index is 361. The van der Waals surface area contributed by atoms with Crippen LogP contribution in [0.5, 0.6) is 0 Å². The highest BCUT2D eigenvalue weighted by Gasteiger charge is 2.09. The summed E-state index contributed by atoms with van der Waals surface area (Å²) in [7, 11) is 0. The molecule has 3 heteroatoms. The second-order valence-corrected chi connectivity index (χ2v) is 3.32. The Hall–Kier alpha value is -1.38. The molecule has 0 heterocycles. The molecule has 0 saturated heterocycles. The van der Waals surface area contributed by atoms with Crippen LogP contribution in [-0.2, 0) is 11.2 Å². The molecule has 0 aliphatic carbocycles. The van der Waals surface area contributed by atoms with Gasteiger partial charge in [-0.3, -0.25) is 4.79 Å². The molecule has 0 aromatic heterocycles. The van der Waals surface area contributed by atoms with Crippen molar-refractivity contribution < 1.29 is 9.18 Å². The van der Waals surface area contributed by atoms with Crippen molar-refractivity contribution in [1.82, 2.24) is 0 Å². The molecule has 1 aromatic rings. The minimum atomic E-state index is -0.364. The van der Waals surface area contributed by atoms with Gasteiger partial charge in [0.25, 0.3) is 0 Å². The van der Waals surface area contributed by atoms with Crippen LogP contribution in [0.15, 0.2) is 12.1 Å². The van der Waals surface area contributed by atoms with E-state index in [1.54, 1.807) is 0 Å². The van der Waals surface area contributed by atoms with E-state index in [1.165, 1.54) is 13.0 Å². The first-order valence-electron chi connectivity index (χ1n) is 4.61. The van der Waals surface area contributed by atoms with E-state index in [0.29, 0.717) is 12.1 Å². The maximum Gasteiger partial charge on any atom is 0.221 e. The van der Waals surface area contributed by atoms with E-state index >= 15 is 0 Å². The largest absolute Gasteiger partial charge is 0.324 e. The number of hydrogen-bond acceptors (Lipinski definition) is 1. The third-order valence-electron chi connectivity index (χ3n) is 2.00. The number of rotatable bonds is 2. The van der Waals surface area contributed by atoms with Crippen molar-refractivity contribution in [3.63, 3.8) is 0 Å². The molecular formula is C11H14FNO. The summed E-state index contributed by atoms with van der Waals surface area (Å²) in [6, 6.07) is 3.30. The van der Waals surface area contributed by atoms with E-state index in [-0.39, 0.29) is 11.7 Å². The fraction of sp³-hybridized carbons (Fsp3) is 0.364. The van der Waals surface area contributed by atoms with Gasteiger partial charge in [0.05, 0.1) is 5.69 Å². The summed E-state index contributed by atoms with van der Waals surface area (Å²) in [6.07, 6.45) is 0.703. The number of anilines is 1. The Kier molecular flexibility index (Phi) is 3.23. The van der Waals surface area contributed by atoms with Gasteiger partial charge in [0.2, 0.25) is 5.91 Å². The monoisotopic (exact) mass is 195 g/mol. The number of carbonyl (C=O) groups excluding carboxylic acids is 1. The Morgan fingerprint density at radius 2 is 2.14 bits per heavy atom. The second-order valence-electron chi connectivity index (χ2n) is 3.32. The zero-order valence-corrected chi connectivity index (χ0v) is 8.65. The van der Waals surface area contributed by atoms with Crippen LogP contribution in [0, 0.1) is 12.7 Å². The summed E-state index contributed by atoms with van der Waals surface area (Å²) >= 11 is 0. The third kappa shape index (κ3) is 2.31. The molecule has 1 N–H and O–H groups in total. The summed E-state index contributed by atoms with van der Waals surface area (Å²) in [5.74, 6) is -0.612. The van der Waals surface area contributed by atoms with Crippen molar-refractivity contribution in [1.29, 1.82) is 0 Å². The molecular weight excluding hydrogens is 181 g/mol. The molecule has 0 aliphatic rings. The van der Waals surface area contributed by atoms with Crippen molar-refractivity contribution in [2.75, 3.05) is 5.32 Å². The molecule has 76 valence electrons. The predicted molar refractivity (Wildman–Crippen MR) is 54.8 cm³/mol. The Morgan fingerprint density at radius 3 is 2.64 bits per heavy atom. The van der Waals surface area contributed by atoms with E-state index in [0.717, 1.165) is 11.1 Å². The smallest absolute Gasteiger partial charge is 0.221 e. The lowest BCUT2D eigenvalue weighted by atomic mass is 10.1. The lowest BCUT2D eigenvalue weighted by Gasteiger charge is -2.10. The highest BCUT2D eigenvalue weighted by molar-refractivity contribution is 5.89. The highest BCUT2D eigenvalue weighted by atomic mass is 19.1. The number of nitrogens with one attached hydrogen (secondary N) is 1. The average Bonchev–Trinajstić information content (AvgIpc) is 2.08. The molecule has 0 atom stereocenters. The standard InChI is InChI=1S/C11H14FNO/c1-4-9-5-7(2)6-10(12)11(9)13-8(3)14/h5-6H,4H2,1-3H3,(H,13,14). The van der Waals surface area contributed by atoms with Crippen LogP contribution in [0.25, 0.3) is 0 Å². The van der Waals surface area contributed by atoms with Gasteiger partial charge in [0, 0.05) is 6.92 Å². The minimum Gasteiger partial charge on any atom is -0.324 e. The summed E-state index contributed by atoms with van der Waals surface area (Å²) in [4.78, 5) is 10.8. The van der Waals surface area contributed by atoms with Crippen molar-refractivity contribution in [2.24, 2.45) is 0 Å². The number of benzene rings is 1. The molecule has 0 fully saturated rings. The summed E-state index contributed by atoms with van der Waals surface area (Å²) in [5, 5.41) is 2.51. The van der Waals surface area contributed by atoms with Crippen LogP contribution in [0.1, 0.15) is 25.0 Å². The molecule has 0 unspecified atom stereocenters. The quantitative estimate of drug-likeness (QED) is 0.772. The fourth-order valence-electron chi connectivity index (χ4n) is 1.41. The van der Waals surface area contributed by atoms with Crippen LogP contribution in [0.3, 0.4) is 0 Å². The van der Waals surface area contributed by atoms with Crippen LogP contribution in [0.2, 0.25) is 0 Å². The fourth-order valence-corrected chi connectivity index (χ4v) is 1.41. The lowest BCUT2D eigenvalue weighted by molar-refractivity contribution is -0.114. The van der Waals surface area contributed by atoms with Gasteiger partial charge >= 0.3 is 0 Å². The molecule has 2 nitrogen and oxygen atoms in total. The van der Waals surface area contributed by atoms with Crippen molar-refractivity contribution in [2.45, 2.75) is 27.2 Å². The van der Waals surface area contributed by atoms with Crippen LogP contribution in [-0.4, -0.2) is 5.91 Å². The third-order valence-corrected chi connectivity index (χ3v) is 2.00. The first-order chi connectivity index (χ1) is 6.54. The molecule has 0 spiro atoms. The molecule has 1 amide bonds. The van der Waals surface area contributed by atoms with Crippen LogP contribution >= 0.6 is 0 Å². The summed E-state index contributed by atoms with van der Waals surface area (Å²) in [6.45, 7) is 5.14. The first kappa shape index (κ1) is 10.7. The van der Waals surface area contributed by atoms with E-state index in [9.17, 15) is 9.18 Å². The number of hydrogen-bond donors (Lipinski definition) is 1. The number of carbonyl (C=O) groups is 1. The van der Waals surface area contributed by atoms with E-state index < -0.39 is 0 Å².